The van der Waals surface area contributed by atoms with Gasteiger partial charge in [-0.2, -0.15) is 0 Å². The molecule has 0 unspecified atom stereocenters. The molecule has 0 aromatic heterocycles. The Morgan fingerprint density at radius 2 is 1.86 bits per heavy atom. The summed E-state index contributed by atoms with van der Waals surface area (Å²) < 4.78 is 11.7. The van der Waals surface area contributed by atoms with E-state index in [-0.39, 0.29) is 18.2 Å². The average molecular weight is 372 g/mol. The highest BCUT2D eigenvalue weighted by Gasteiger charge is 2.24. The Balaban J connectivity index is 2.10. The van der Waals surface area contributed by atoms with Gasteiger partial charge >= 0.3 is 5.97 Å². The molecule has 0 saturated carbocycles. The third-order valence-electron chi connectivity index (χ3n) is 3.31. The number of hydrogen-bond donors (Lipinski definition) is 2. The highest BCUT2D eigenvalue weighted by Crippen LogP contribution is 2.35. The van der Waals surface area contributed by atoms with Gasteiger partial charge < -0.3 is 19.9 Å². The number of aliphatic carboxylic acids is 1. The van der Waals surface area contributed by atoms with Crippen molar-refractivity contribution in [2.24, 2.45) is 5.92 Å². The Hall–Kier alpha value is -1.76. The Bertz CT molecular complexity index is 588. The fourth-order valence-corrected chi connectivity index (χ4v) is 2.62. The van der Waals surface area contributed by atoms with Crippen molar-refractivity contribution in [2.75, 3.05) is 13.2 Å². The number of benzene rings is 1. The summed E-state index contributed by atoms with van der Waals surface area (Å²) in [5, 5.41) is 11.7. The highest BCUT2D eigenvalue weighted by molar-refractivity contribution is 9.10. The number of nitrogens with one attached hydrogen (secondary N) is 1. The van der Waals surface area contributed by atoms with Gasteiger partial charge in [-0.05, 0) is 23.6 Å². The van der Waals surface area contributed by atoms with Gasteiger partial charge in [0.15, 0.2) is 11.5 Å². The van der Waals surface area contributed by atoms with E-state index < -0.39 is 12.0 Å². The van der Waals surface area contributed by atoms with Gasteiger partial charge in [0.1, 0.15) is 19.3 Å². The molecular weight excluding hydrogens is 354 g/mol. The van der Waals surface area contributed by atoms with E-state index in [1.54, 1.807) is 26.0 Å². The van der Waals surface area contributed by atoms with Gasteiger partial charge in [-0.15, -0.1) is 0 Å². The summed E-state index contributed by atoms with van der Waals surface area (Å²) in [4.78, 5) is 23.2. The molecule has 0 radical (unpaired) electrons. The molecule has 1 heterocycles. The molecule has 2 N–H and O–H groups in total. The Morgan fingerprint density at radius 3 is 2.41 bits per heavy atom. The number of rotatable bonds is 5. The number of hydrogen-bond acceptors (Lipinski definition) is 4. The molecule has 0 aliphatic carbocycles. The molecule has 7 heteroatoms. The minimum atomic E-state index is -1.04. The van der Waals surface area contributed by atoms with Crippen molar-refractivity contribution < 1.29 is 24.2 Å². The summed E-state index contributed by atoms with van der Waals surface area (Å²) in [5.41, 5.74) is 0.717. The zero-order valence-electron chi connectivity index (χ0n) is 12.4. The smallest absolute Gasteiger partial charge is 0.326 e. The molecule has 120 valence electrons. The van der Waals surface area contributed by atoms with Gasteiger partial charge in [-0.3, -0.25) is 4.79 Å². The lowest BCUT2D eigenvalue weighted by Crippen LogP contribution is -2.44. The van der Waals surface area contributed by atoms with Crippen molar-refractivity contribution in [3.63, 3.8) is 0 Å². The van der Waals surface area contributed by atoms with Crippen molar-refractivity contribution in [3.8, 4) is 11.5 Å². The number of carbonyl (C=O) groups is 2. The predicted octanol–water partition coefficient (Wildman–Crippen LogP) is 1.99. The lowest BCUT2D eigenvalue weighted by Gasteiger charge is -2.21. The number of amides is 1. The molecule has 1 aliphatic rings. The van der Waals surface area contributed by atoms with E-state index in [0.717, 1.165) is 10.0 Å². The standard InChI is InChI=1S/C15H18BrNO5/c1-8(2)14(15(19)20)17-13(18)6-9-5-11-12(7-10(9)16)22-4-3-21-11/h5,7-8,14H,3-4,6H2,1-2H3,(H,17,18)(H,19,20)/t14-/m1/s1. The Kier molecular flexibility index (Phi) is 5.28. The second-order valence-corrected chi connectivity index (χ2v) is 6.25. The molecule has 2 rings (SSSR count). The van der Waals surface area contributed by atoms with Crippen LogP contribution in [-0.4, -0.2) is 36.2 Å². The second-order valence-electron chi connectivity index (χ2n) is 5.39. The topological polar surface area (TPSA) is 84.9 Å². The normalized spacial score (nSPS) is 14.5. The van der Waals surface area contributed by atoms with Crippen LogP contribution in [0.15, 0.2) is 16.6 Å². The summed E-state index contributed by atoms with van der Waals surface area (Å²) >= 11 is 3.40. The zero-order chi connectivity index (χ0) is 16.3. The van der Waals surface area contributed by atoms with Crippen LogP contribution < -0.4 is 14.8 Å². The molecule has 0 fully saturated rings. The molecule has 1 aliphatic heterocycles. The Morgan fingerprint density at radius 1 is 1.27 bits per heavy atom. The van der Waals surface area contributed by atoms with Gasteiger partial charge in [-0.25, -0.2) is 4.79 Å². The van der Waals surface area contributed by atoms with E-state index >= 15 is 0 Å². The van der Waals surface area contributed by atoms with Crippen LogP contribution in [0.5, 0.6) is 11.5 Å². The number of carboxylic acid groups (broad SMARTS) is 1. The number of halogens is 1. The van der Waals surface area contributed by atoms with Crippen LogP contribution in [0.4, 0.5) is 0 Å². The van der Waals surface area contributed by atoms with E-state index in [2.05, 4.69) is 21.2 Å². The van der Waals surface area contributed by atoms with E-state index in [4.69, 9.17) is 14.6 Å². The van der Waals surface area contributed by atoms with Crippen LogP contribution >= 0.6 is 15.9 Å². The number of fused-ring (bicyclic) bond motifs is 1. The van der Waals surface area contributed by atoms with E-state index in [1.165, 1.54) is 0 Å². The quantitative estimate of drug-likeness (QED) is 0.826. The van der Waals surface area contributed by atoms with Gasteiger partial charge in [0.25, 0.3) is 0 Å². The molecule has 1 amide bonds. The van der Waals surface area contributed by atoms with Crippen molar-refractivity contribution >= 4 is 27.8 Å². The predicted molar refractivity (Wildman–Crippen MR) is 83.2 cm³/mol. The first-order valence-corrected chi connectivity index (χ1v) is 7.78. The third-order valence-corrected chi connectivity index (χ3v) is 4.05. The van der Waals surface area contributed by atoms with E-state index in [9.17, 15) is 9.59 Å². The average Bonchev–Trinajstić information content (AvgIpc) is 2.45. The zero-order valence-corrected chi connectivity index (χ0v) is 14.0. The maximum Gasteiger partial charge on any atom is 0.326 e. The summed E-state index contributed by atoms with van der Waals surface area (Å²) in [6, 6.07) is 2.60. The SMILES string of the molecule is CC(C)[C@@H](NC(=O)Cc1cc2c(cc1Br)OCCO2)C(=O)O. The fraction of sp³-hybridized carbons (Fsp3) is 0.467. The van der Waals surface area contributed by atoms with E-state index in [0.29, 0.717) is 24.7 Å². The molecule has 22 heavy (non-hydrogen) atoms. The third kappa shape index (κ3) is 3.91. The molecule has 0 spiro atoms. The van der Waals surface area contributed by atoms with Gasteiger partial charge in [0.2, 0.25) is 5.91 Å². The van der Waals surface area contributed by atoms with Crippen molar-refractivity contribution in [1.29, 1.82) is 0 Å². The molecule has 6 nitrogen and oxygen atoms in total. The molecule has 0 saturated heterocycles. The molecule has 1 atom stereocenters. The molecule has 0 bridgehead atoms. The first-order chi connectivity index (χ1) is 10.4. The summed E-state index contributed by atoms with van der Waals surface area (Å²) in [7, 11) is 0. The monoisotopic (exact) mass is 371 g/mol. The van der Waals surface area contributed by atoms with Crippen molar-refractivity contribution in [3.05, 3.63) is 22.2 Å². The lowest BCUT2D eigenvalue weighted by molar-refractivity contribution is -0.143. The fourth-order valence-electron chi connectivity index (χ4n) is 2.15. The maximum atomic E-state index is 12.1. The van der Waals surface area contributed by atoms with Crippen LogP contribution in [0, 0.1) is 5.92 Å². The minimum Gasteiger partial charge on any atom is -0.486 e. The van der Waals surface area contributed by atoms with Crippen LogP contribution in [-0.2, 0) is 16.0 Å². The largest absolute Gasteiger partial charge is 0.486 e. The van der Waals surface area contributed by atoms with Crippen LogP contribution in [0.25, 0.3) is 0 Å². The summed E-state index contributed by atoms with van der Waals surface area (Å²) in [6.07, 6.45) is 0.0632. The van der Waals surface area contributed by atoms with Crippen LogP contribution in [0.3, 0.4) is 0 Å². The van der Waals surface area contributed by atoms with Gasteiger partial charge in [-0.1, -0.05) is 29.8 Å². The van der Waals surface area contributed by atoms with E-state index in [1.807, 2.05) is 0 Å². The maximum absolute atomic E-state index is 12.1. The second kappa shape index (κ2) is 7.00. The minimum absolute atomic E-state index is 0.0632. The number of carboxylic acids is 1. The van der Waals surface area contributed by atoms with Crippen molar-refractivity contribution in [1.82, 2.24) is 5.32 Å². The Labute approximate surface area is 136 Å². The first-order valence-electron chi connectivity index (χ1n) is 6.98. The molecular formula is C15H18BrNO5. The van der Waals surface area contributed by atoms with Crippen LogP contribution in [0.1, 0.15) is 19.4 Å². The molecule has 1 aromatic rings. The van der Waals surface area contributed by atoms with Crippen molar-refractivity contribution in [2.45, 2.75) is 26.3 Å². The summed E-state index contributed by atoms with van der Waals surface area (Å²) in [6.45, 7) is 4.46. The van der Waals surface area contributed by atoms with Gasteiger partial charge in [0, 0.05) is 4.47 Å². The number of carbonyl (C=O) groups excluding carboxylic acids is 1. The molecule has 1 aromatic carbocycles. The summed E-state index contributed by atoms with van der Waals surface area (Å²) in [5.74, 6) is -0.350. The first kappa shape index (κ1) is 16.6. The number of ether oxygens (including phenoxy) is 2. The van der Waals surface area contributed by atoms with Gasteiger partial charge in [0.05, 0.1) is 6.42 Å². The lowest BCUT2D eigenvalue weighted by atomic mass is 10.0. The highest BCUT2D eigenvalue weighted by atomic mass is 79.9. The van der Waals surface area contributed by atoms with Crippen LogP contribution in [0.2, 0.25) is 0 Å².